The average Bonchev–Trinajstić information content (AvgIpc) is 3.01. The number of halogens is 1. The lowest BCUT2D eigenvalue weighted by Gasteiger charge is -2.29. The number of hydrogen-bond acceptors (Lipinski definition) is 5. The van der Waals surface area contributed by atoms with Gasteiger partial charge in [0, 0.05) is 17.1 Å². The molecule has 0 saturated carbocycles. The fourth-order valence-corrected chi connectivity index (χ4v) is 4.03. The molecule has 0 bridgehead atoms. The van der Waals surface area contributed by atoms with Crippen LogP contribution >= 0.6 is 23.4 Å². The van der Waals surface area contributed by atoms with E-state index in [4.69, 9.17) is 11.6 Å². The zero-order chi connectivity index (χ0) is 19.7. The highest BCUT2D eigenvalue weighted by molar-refractivity contribution is 8.14. The van der Waals surface area contributed by atoms with Gasteiger partial charge >= 0.3 is 0 Å². The molecule has 0 saturated heterocycles. The van der Waals surface area contributed by atoms with E-state index in [1.54, 1.807) is 19.1 Å². The standard InChI is InChI=1S/C20H17ClN4O2S/c1-12-19(27)24-18-15-4-2-3-5-16(15)23-20(25(12)18)28-11-17(26)22-10-13-6-8-14(21)9-7-13/h2-9,12H,10-11H2,1H3,(H,22,26). The molecule has 8 heteroatoms. The normalized spacial score (nSPS) is 17.6. The van der Waals surface area contributed by atoms with Gasteiger partial charge in [-0.15, -0.1) is 0 Å². The zero-order valence-electron chi connectivity index (χ0n) is 15.1. The fourth-order valence-electron chi connectivity index (χ4n) is 2.99. The van der Waals surface area contributed by atoms with Crippen molar-refractivity contribution in [3.8, 4) is 0 Å². The summed E-state index contributed by atoms with van der Waals surface area (Å²) in [6.07, 6.45) is 0. The van der Waals surface area contributed by atoms with Gasteiger partial charge in [-0.3, -0.25) is 14.5 Å². The number of carbonyl (C=O) groups excluding carboxylic acids is 2. The first kappa shape index (κ1) is 18.7. The number of aliphatic imine (C=N–C) groups is 2. The molecule has 0 spiro atoms. The Labute approximate surface area is 171 Å². The summed E-state index contributed by atoms with van der Waals surface area (Å²) in [4.78, 5) is 35.1. The minimum Gasteiger partial charge on any atom is -0.351 e. The molecule has 2 aromatic rings. The Morgan fingerprint density at radius 3 is 2.71 bits per heavy atom. The Morgan fingerprint density at radius 2 is 1.93 bits per heavy atom. The van der Waals surface area contributed by atoms with Crippen molar-refractivity contribution in [2.45, 2.75) is 19.5 Å². The van der Waals surface area contributed by atoms with E-state index in [-0.39, 0.29) is 17.6 Å². The highest BCUT2D eigenvalue weighted by Gasteiger charge is 2.39. The monoisotopic (exact) mass is 412 g/mol. The van der Waals surface area contributed by atoms with Gasteiger partial charge < -0.3 is 5.32 Å². The molecule has 0 fully saturated rings. The maximum absolute atomic E-state index is 12.3. The molecule has 2 aromatic carbocycles. The highest BCUT2D eigenvalue weighted by Crippen LogP contribution is 2.33. The molecule has 0 aromatic heterocycles. The average molecular weight is 413 g/mol. The van der Waals surface area contributed by atoms with Gasteiger partial charge in [-0.1, -0.05) is 47.6 Å². The number of amidine groups is 2. The van der Waals surface area contributed by atoms with Crippen LogP contribution in [0.15, 0.2) is 58.5 Å². The van der Waals surface area contributed by atoms with Gasteiger partial charge in [0.1, 0.15) is 11.9 Å². The van der Waals surface area contributed by atoms with Gasteiger partial charge in [0.25, 0.3) is 5.91 Å². The van der Waals surface area contributed by atoms with Crippen molar-refractivity contribution < 1.29 is 9.59 Å². The van der Waals surface area contributed by atoms with Gasteiger partial charge in [0.05, 0.1) is 11.4 Å². The molecular weight excluding hydrogens is 396 g/mol. The van der Waals surface area contributed by atoms with Crippen LogP contribution in [0.25, 0.3) is 0 Å². The molecule has 6 nitrogen and oxygen atoms in total. The summed E-state index contributed by atoms with van der Waals surface area (Å²) in [5, 5.41) is 4.15. The smallest absolute Gasteiger partial charge is 0.270 e. The first-order chi connectivity index (χ1) is 13.5. The Morgan fingerprint density at radius 1 is 1.18 bits per heavy atom. The number of nitrogens with one attached hydrogen (secondary N) is 1. The lowest BCUT2D eigenvalue weighted by molar-refractivity contribution is -0.119. The quantitative estimate of drug-likeness (QED) is 0.835. The molecule has 2 amide bonds. The van der Waals surface area contributed by atoms with Gasteiger partial charge in [0.15, 0.2) is 5.17 Å². The fraction of sp³-hybridized carbons (Fsp3) is 0.200. The van der Waals surface area contributed by atoms with Crippen molar-refractivity contribution in [2.75, 3.05) is 5.75 Å². The Hall–Kier alpha value is -2.64. The summed E-state index contributed by atoms with van der Waals surface area (Å²) in [5.74, 6) is 0.483. The number of carbonyl (C=O) groups is 2. The minimum atomic E-state index is -0.424. The molecule has 0 radical (unpaired) electrons. The number of rotatable bonds is 4. The molecular formula is C20H17ClN4O2S. The van der Waals surface area contributed by atoms with Crippen molar-refractivity contribution in [1.82, 2.24) is 10.2 Å². The summed E-state index contributed by atoms with van der Waals surface area (Å²) >= 11 is 7.17. The van der Waals surface area contributed by atoms with Crippen LogP contribution in [-0.2, 0) is 16.1 Å². The Bertz CT molecular complexity index is 1000. The summed E-state index contributed by atoms with van der Waals surface area (Å²) in [5.41, 5.74) is 2.56. The number of nitrogens with zero attached hydrogens (tertiary/aromatic N) is 3. The second-order valence-electron chi connectivity index (χ2n) is 6.42. The maximum atomic E-state index is 12.3. The van der Waals surface area contributed by atoms with Crippen molar-refractivity contribution in [1.29, 1.82) is 0 Å². The van der Waals surface area contributed by atoms with Crippen LogP contribution in [0, 0.1) is 0 Å². The number of amides is 2. The van der Waals surface area contributed by atoms with E-state index in [1.165, 1.54) is 11.8 Å². The summed E-state index contributed by atoms with van der Waals surface area (Å²) < 4.78 is 0. The summed E-state index contributed by atoms with van der Waals surface area (Å²) in [6, 6.07) is 14.5. The van der Waals surface area contributed by atoms with E-state index < -0.39 is 6.04 Å². The first-order valence-corrected chi connectivity index (χ1v) is 10.1. The molecule has 2 heterocycles. The van der Waals surface area contributed by atoms with Crippen LogP contribution < -0.4 is 5.32 Å². The molecule has 0 aliphatic carbocycles. The first-order valence-electron chi connectivity index (χ1n) is 8.77. The second-order valence-corrected chi connectivity index (χ2v) is 7.80. The van der Waals surface area contributed by atoms with E-state index in [0.717, 1.165) is 16.8 Å². The number of para-hydroxylation sites is 1. The van der Waals surface area contributed by atoms with Crippen LogP contribution in [0.5, 0.6) is 0 Å². The van der Waals surface area contributed by atoms with Crippen molar-refractivity contribution >= 4 is 51.9 Å². The van der Waals surface area contributed by atoms with Crippen LogP contribution in [0.1, 0.15) is 18.1 Å². The number of fused-ring (bicyclic) bond motifs is 3. The van der Waals surface area contributed by atoms with E-state index >= 15 is 0 Å². The third-order valence-corrected chi connectivity index (χ3v) is 5.70. The zero-order valence-corrected chi connectivity index (χ0v) is 16.6. The molecule has 1 atom stereocenters. The van der Waals surface area contributed by atoms with Crippen LogP contribution in [0.3, 0.4) is 0 Å². The molecule has 142 valence electrons. The molecule has 2 aliphatic heterocycles. The van der Waals surface area contributed by atoms with Gasteiger partial charge in [-0.2, -0.15) is 4.99 Å². The predicted molar refractivity (Wildman–Crippen MR) is 112 cm³/mol. The summed E-state index contributed by atoms with van der Waals surface area (Å²) in [7, 11) is 0. The third-order valence-electron chi connectivity index (χ3n) is 4.49. The lowest BCUT2D eigenvalue weighted by atomic mass is 10.1. The van der Waals surface area contributed by atoms with Gasteiger partial charge in [-0.25, -0.2) is 4.99 Å². The third kappa shape index (κ3) is 3.68. The van der Waals surface area contributed by atoms with E-state index in [1.807, 2.05) is 41.3 Å². The van der Waals surface area contributed by atoms with E-state index in [9.17, 15) is 9.59 Å². The lowest BCUT2D eigenvalue weighted by Crippen LogP contribution is -2.42. The maximum Gasteiger partial charge on any atom is 0.270 e. The molecule has 28 heavy (non-hydrogen) atoms. The number of thioether (sulfide) groups is 1. The number of hydrogen-bond donors (Lipinski definition) is 1. The Balaban J connectivity index is 1.44. The topological polar surface area (TPSA) is 74.1 Å². The van der Waals surface area contributed by atoms with Crippen LogP contribution in [0.2, 0.25) is 5.02 Å². The largest absolute Gasteiger partial charge is 0.351 e. The van der Waals surface area contributed by atoms with Gasteiger partial charge in [-0.05, 0) is 36.8 Å². The summed E-state index contributed by atoms with van der Waals surface area (Å²) in [6.45, 7) is 2.22. The van der Waals surface area contributed by atoms with Crippen molar-refractivity contribution in [3.63, 3.8) is 0 Å². The van der Waals surface area contributed by atoms with Crippen molar-refractivity contribution in [3.05, 3.63) is 64.7 Å². The highest BCUT2D eigenvalue weighted by atomic mass is 35.5. The molecule has 1 unspecified atom stereocenters. The van der Waals surface area contributed by atoms with E-state index in [0.29, 0.717) is 22.6 Å². The minimum absolute atomic E-state index is 0.113. The molecule has 2 aliphatic rings. The SMILES string of the molecule is CC1C(=O)N=C2c3ccccc3N=C(SCC(=O)NCc3ccc(Cl)cc3)N21. The molecule has 1 N–H and O–H groups in total. The number of benzene rings is 2. The molecule has 4 rings (SSSR count). The van der Waals surface area contributed by atoms with Crippen LogP contribution in [-0.4, -0.2) is 39.5 Å². The predicted octanol–water partition coefficient (Wildman–Crippen LogP) is 3.37. The van der Waals surface area contributed by atoms with Gasteiger partial charge in [0.2, 0.25) is 5.91 Å². The second kappa shape index (κ2) is 7.77. The van der Waals surface area contributed by atoms with Crippen molar-refractivity contribution in [2.24, 2.45) is 9.98 Å². The van der Waals surface area contributed by atoms with E-state index in [2.05, 4.69) is 15.3 Å². The Kier molecular flexibility index (Phi) is 5.19. The van der Waals surface area contributed by atoms with Crippen LogP contribution in [0.4, 0.5) is 5.69 Å².